The number of rotatable bonds is 1. The number of fused-ring (bicyclic) bond motifs is 2. The van der Waals surface area contributed by atoms with Gasteiger partial charge in [0, 0.05) is 42.7 Å². The van der Waals surface area contributed by atoms with Gasteiger partial charge in [0.25, 0.3) is 0 Å². The van der Waals surface area contributed by atoms with E-state index in [1.165, 1.54) is 11.3 Å². The first-order chi connectivity index (χ1) is 10.3. The maximum Gasteiger partial charge on any atom is 0.0597 e. The topological polar surface area (TPSA) is 51.4 Å². The van der Waals surface area contributed by atoms with Gasteiger partial charge in [-0.25, -0.2) is 0 Å². The molecule has 2 aliphatic rings. The van der Waals surface area contributed by atoms with Crippen molar-refractivity contribution in [3.05, 3.63) is 48.3 Å². The normalized spacial score (nSPS) is 19.7. The molecule has 1 spiro atoms. The van der Waals surface area contributed by atoms with Gasteiger partial charge in [-0.1, -0.05) is 0 Å². The zero-order chi connectivity index (χ0) is 14.3. The summed E-state index contributed by atoms with van der Waals surface area (Å²) >= 11 is 0. The molecule has 1 aromatic carbocycles. The van der Waals surface area contributed by atoms with Crippen LogP contribution in [0.3, 0.4) is 0 Å². The molecule has 4 heteroatoms. The maximum atomic E-state index is 6.04. The molecule has 4 nitrogen and oxygen atoms in total. The van der Waals surface area contributed by atoms with E-state index >= 15 is 0 Å². The molecule has 4 rings (SSSR count). The fraction of sp³-hybridized carbons (Fsp3) is 0.353. The Kier molecular flexibility index (Phi) is 2.86. The highest BCUT2D eigenvalue weighted by Gasteiger charge is 2.44. The molecule has 2 aromatic rings. The molecule has 0 aliphatic carbocycles. The van der Waals surface area contributed by atoms with Crippen LogP contribution >= 0.6 is 0 Å². The average Bonchev–Trinajstić information content (AvgIpc) is 2.83. The van der Waals surface area contributed by atoms with Crippen LogP contribution in [0.2, 0.25) is 0 Å². The summed E-state index contributed by atoms with van der Waals surface area (Å²) in [5.41, 5.74) is 10.8. The monoisotopic (exact) mass is 281 g/mol. The Hall–Kier alpha value is -2.07. The van der Waals surface area contributed by atoms with Gasteiger partial charge in [0.15, 0.2) is 0 Å². The SMILES string of the molecule is Nc1ccc2c(c1)C1(CCOCC1)CN2c1cccnc1. The van der Waals surface area contributed by atoms with Crippen LogP contribution < -0.4 is 10.6 Å². The number of benzene rings is 1. The number of ether oxygens (including phenoxy) is 1. The molecule has 3 heterocycles. The van der Waals surface area contributed by atoms with E-state index in [1.54, 1.807) is 0 Å². The van der Waals surface area contributed by atoms with Crippen LogP contribution in [-0.2, 0) is 10.2 Å². The summed E-state index contributed by atoms with van der Waals surface area (Å²) in [7, 11) is 0. The van der Waals surface area contributed by atoms with Crippen molar-refractivity contribution in [3.63, 3.8) is 0 Å². The summed E-state index contributed by atoms with van der Waals surface area (Å²) in [6, 6.07) is 10.4. The highest BCUT2D eigenvalue weighted by Crippen LogP contribution is 2.49. The molecule has 0 atom stereocenters. The number of nitrogens with two attached hydrogens (primary N) is 1. The number of nitrogen functional groups attached to an aromatic ring is 1. The molecular formula is C17H19N3O. The van der Waals surface area contributed by atoms with Crippen molar-refractivity contribution in [1.82, 2.24) is 4.98 Å². The highest BCUT2D eigenvalue weighted by atomic mass is 16.5. The number of hydrogen-bond acceptors (Lipinski definition) is 4. The van der Waals surface area contributed by atoms with Crippen molar-refractivity contribution < 1.29 is 4.74 Å². The lowest BCUT2D eigenvalue weighted by atomic mass is 9.76. The Bertz CT molecular complexity index is 650. The average molecular weight is 281 g/mol. The summed E-state index contributed by atoms with van der Waals surface area (Å²) in [5, 5.41) is 0. The first kappa shape index (κ1) is 12.7. The molecule has 108 valence electrons. The van der Waals surface area contributed by atoms with E-state index in [0.717, 1.165) is 44.0 Å². The second-order valence-electron chi connectivity index (χ2n) is 5.97. The van der Waals surface area contributed by atoms with Crippen LogP contribution in [0.15, 0.2) is 42.7 Å². The van der Waals surface area contributed by atoms with E-state index in [-0.39, 0.29) is 5.41 Å². The van der Waals surface area contributed by atoms with Crippen molar-refractivity contribution in [3.8, 4) is 0 Å². The molecule has 1 fully saturated rings. The molecule has 0 amide bonds. The van der Waals surface area contributed by atoms with E-state index in [4.69, 9.17) is 10.5 Å². The molecule has 0 radical (unpaired) electrons. The summed E-state index contributed by atoms with van der Waals surface area (Å²) < 4.78 is 5.58. The Morgan fingerprint density at radius 3 is 2.81 bits per heavy atom. The van der Waals surface area contributed by atoms with E-state index in [2.05, 4.69) is 28.1 Å². The fourth-order valence-corrected chi connectivity index (χ4v) is 3.62. The summed E-state index contributed by atoms with van der Waals surface area (Å²) in [6.45, 7) is 2.64. The molecule has 0 bridgehead atoms. The number of anilines is 3. The molecule has 2 aliphatic heterocycles. The minimum atomic E-state index is 0.165. The lowest BCUT2D eigenvalue weighted by Gasteiger charge is -2.34. The van der Waals surface area contributed by atoms with Gasteiger partial charge < -0.3 is 15.4 Å². The predicted molar refractivity (Wildman–Crippen MR) is 83.8 cm³/mol. The van der Waals surface area contributed by atoms with Gasteiger partial charge in [-0.05, 0) is 48.7 Å². The smallest absolute Gasteiger partial charge is 0.0597 e. The van der Waals surface area contributed by atoms with Gasteiger partial charge in [0.2, 0.25) is 0 Å². The van der Waals surface area contributed by atoms with Crippen LogP contribution in [0.25, 0.3) is 0 Å². The number of aromatic nitrogens is 1. The third kappa shape index (κ3) is 1.98. The van der Waals surface area contributed by atoms with Crippen LogP contribution in [0.1, 0.15) is 18.4 Å². The van der Waals surface area contributed by atoms with Crippen molar-refractivity contribution in [1.29, 1.82) is 0 Å². The van der Waals surface area contributed by atoms with Gasteiger partial charge >= 0.3 is 0 Å². The van der Waals surface area contributed by atoms with E-state index in [9.17, 15) is 0 Å². The maximum absolute atomic E-state index is 6.04. The van der Waals surface area contributed by atoms with Gasteiger partial charge in [-0.2, -0.15) is 0 Å². The first-order valence-electron chi connectivity index (χ1n) is 7.44. The zero-order valence-electron chi connectivity index (χ0n) is 12.0. The van der Waals surface area contributed by atoms with E-state index < -0.39 is 0 Å². The Labute approximate surface area is 124 Å². The van der Waals surface area contributed by atoms with Crippen LogP contribution in [0.4, 0.5) is 17.1 Å². The lowest BCUT2D eigenvalue weighted by molar-refractivity contribution is 0.0558. The molecule has 1 saturated heterocycles. The van der Waals surface area contributed by atoms with Gasteiger partial charge in [-0.3, -0.25) is 4.98 Å². The minimum absolute atomic E-state index is 0.165. The second-order valence-corrected chi connectivity index (χ2v) is 5.97. The number of hydrogen-bond donors (Lipinski definition) is 1. The Morgan fingerprint density at radius 1 is 1.19 bits per heavy atom. The largest absolute Gasteiger partial charge is 0.399 e. The van der Waals surface area contributed by atoms with Crippen LogP contribution in [0.5, 0.6) is 0 Å². The first-order valence-corrected chi connectivity index (χ1v) is 7.44. The van der Waals surface area contributed by atoms with Gasteiger partial charge in [0.1, 0.15) is 0 Å². The van der Waals surface area contributed by atoms with Gasteiger partial charge in [0.05, 0.1) is 11.9 Å². The van der Waals surface area contributed by atoms with Crippen LogP contribution in [0, 0.1) is 0 Å². The molecule has 0 saturated carbocycles. The van der Waals surface area contributed by atoms with E-state index in [1.807, 2.05) is 24.5 Å². The molecule has 1 aromatic heterocycles. The Morgan fingerprint density at radius 2 is 2.05 bits per heavy atom. The number of nitrogens with zero attached hydrogens (tertiary/aromatic N) is 2. The predicted octanol–water partition coefficient (Wildman–Crippen LogP) is 2.86. The summed E-state index contributed by atoms with van der Waals surface area (Å²) in [4.78, 5) is 6.63. The molecular weight excluding hydrogens is 262 g/mol. The second kappa shape index (κ2) is 4.74. The quantitative estimate of drug-likeness (QED) is 0.817. The Balaban J connectivity index is 1.83. The number of pyridine rings is 1. The lowest BCUT2D eigenvalue weighted by Crippen LogP contribution is -2.37. The van der Waals surface area contributed by atoms with E-state index in [0.29, 0.717) is 0 Å². The molecule has 21 heavy (non-hydrogen) atoms. The van der Waals surface area contributed by atoms with Gasteiger partial charge in [-0.15, -0.1) is 0 Å². The standard InChI is InChI=1S/C17H19N3O/c18-13-3-4-16-15(10-13)17(5-8-21-9-6-17)12-20(16)14-2-1-7-19-11-14/h1-4,7,10-11H,5-6,8-9,12,18H2. The van der Waals surface area contributed by atoms with Crippen molar-refractivity contribution >= 4 is 17.1 Å². The minimum Gasteiger partial charge on any atom is -0.399 e. The third-order valence-corrected chi connectivity index (χ3v) is 4.75. The molecule has 2 N–H and O–H groups in total. The summed E-state index contributed by atoms with van der Waals surface area (Å²) in [5.74, 6) is 0. The van der Waals surface area contributed by atoms with Crippen molar-refractivity contribution in [2.75, 3.05) is 30.4 Å². The van der Waals surface area contributed by atoms with Crippen molar-refractivity contribution in [2.45, 2.75) is 18.3 Å². The fourth-order valence-electron chi connectivity index (χ4n) is 3.62. The third-order valence-electron chi connectivity index (χ3n) is 4.75. The zero-order valence-corrected chi connectivity index (χ0v) is 12.0. The van der Waals surface area contributed by atoms with Crippen molar-refractivity contribution in [2.24, 2.45) is 0 Å². The highest BCUT2D eigenvalue weighted by molar-refractivity contribution is 5.74. The van der Waals surface area contributed by atoms with Crippen LogP contribution in [-0.4, -0.2) is 24.7 Å². The molecule has 0 unspecified atom stereocenters. The summed E-state index contributed by atoms with van der Waals surface area (Å²) in [6.07, 6.45) is 5.85.